The number of aryl methyl sites for hydroxylation is 1. The van der Waals surface area contributed by atoms with Gasteiger partial charge in [-0.25, -0.2) is 9.98 Å². The highest BCUT2D eigenvalue weighted by Crippen LogP contribution is 2.19. The van der Waals surface area contributed by atoms with Crippen LogP contribution in [0.5, 0.6) is 0 Å². The molecule has 0 amide bonds. The second kappa shape index (κ2) is 11.4. The first kappa shape index (κ1) is 22.6. The van der Waals surface area contributed by atoms with E-state index in [2.05, 4.69) is 39.6 Å². The monoisotopic (exact) mass is 530 g/mol. The summed E-state index contributed by atoms with van der Waals surface area (Å²) in [4.78, 5) is 10.2. The standard InChI is InChI=1S/C19H23ClN6S.HI/c1-3-21-19(24-13-18-22-11-14(2)27-18)23-12-17(26-10-4-9-25-26)15-5-7-16(20)8-6-15;/h4-11,17H,3,12-13H2,1-2H3,(H2,21,23,24);1H. The van der Waals surface area contributed by atoms with Gasteiger partial charge in [0.25, 0.3) is 0 Å². The molecule has 3 rings (SSSR count). The largest absolute Gasteiger partial charge is 0.357 e. The summed E-state index contributed by atoms with van der Waals surface area (Å²) in [5, 5.41) is 12.8. The predicted molar refractivity (Wildman–Crippen MR) is 127 cm³/mol. The maximum absolute atomic E-state index is 6.04. The van der Waals surface area contributed by atoms with Crippen molar-refractivity contribution in [2.24, 2.45) is 4.99 Å². The molecule has 0 spiro atoms. The molecular formula is C19H24ClIN6S. The van der Waals surface area contributed by atoms with E-state index in [0.717, 1.165) is 28.1 Å². The minimum atomic E-state index is 0. The van der Waals surface area contributed by atoms with Crippen molar-refractivity contribution in [3.63, 3.8) is 0 Å². The normalized spacial score (nSPS) is 12.3. The number of nitrogens with zero attached hydrogens (tertiary/aromatic N) is 4. The third-order valence-corrected chi connectivity index (χ3v) is 5.10. The molecule has 1 unspecified atom stereocenters. The Labute approximate surface area is 191 Å². The number of benzene rings is 1. The lowest BCUT2D eigenvalue weighted by Gasteiger charge is -2.20. The van der Waals surface area contributed by atoms with E-state index < -0.39 is 0 Å². The predicted octanol–water partition coefficient (Wildman–Crippen LogP) is 4.26. The highest BCUT2D eigenvalue weighted by Gasteiger charge is 2.15. The molecule has 0 bridgehead atoms. The highest BCUT2D eigenvalue weighted by atomic mass is 127. The van der Waals surface area contributed by atoms with E-state index in [1.807, 2.05) is 47.4 Å². The van der Waals surface area contributed by atoms with Crippen LogP contribution in [0.1, 0.15) is 28.4 Å². The summed E-state index contributed by atoms with van der Waals surface area (Å²) in [5.41, 5.74) is 1.13. The lowest BCUT2D eigenvalue weighted by molar-refractivity contribution is 0.511. The zero-order valence-electron chi connectivity index (χ0n) is 15.8. The first-order chi connectivity index (χ1) is 13.2. The first-order valence-corrected chi connectivity index (χ1v) is 10.0. The first-order valence-electron chi connectivity index (χ1n) is 8.83. The maximum Gasteiger partial charge on any atom is 0.191 e. The fourth-order valence-electron chi connectivity index (χ4n) is 2.67. The summed E-state index contributed by atoms with van der Waals surface area (Å²) in [6, 6.07) is 9.81. The van der Waals surface area contributed by atoms with E-state index in [0.29, 0.717) is 13.1 Å². The van der Waals surface area contributed by atoms with Crippen molar-refractivity contribution in [3.05, 3.63) is 69.4 Å². The fourth-order valence-corrected chi connectivity index (χ4v) is 3.51. The van der Waals surface area contributed by atoms with Crippen LogP contribution in [0.25, 0.3) is 0 Å². The van der Waals surface area contributed by atoms with E-state index in [-0.39, 0.29) is 30.0 Å². The molecule has 0 aliphatic heterocycles. The van der Waals surface area contributed by atoms with Crippen LogP contribution in [0.3, 0.4) is 0 Å². The van der Waals surface area contributed by atoms with Crippen LogP contribution in [-0.4, -0.2) is 33.8 Å². The van der Waals surface area contributed by atoms with Crippen LogP contribution in [0.4, 0.5) is 0 Å². The van der Waals surface area contributed by atoms with Crippen molar-refractivity contribution < 1.29 is 0 Å². The number of hydrogen-bond acceptors (Lipinski definition) is 4. The number of nitrogens with one attached hydrogen (secondary N) is 2. The number of aliphatic imine (C=N–C) groups is 1. The highest BCUT2D eigenvalue weighted by molar-refractivity contribution is 14.0. The second-order valence-electron chi connectivity index (χ2n) is 5.99. The van der Waals surface area contributed by atoms with E-state index >= 15 is 0 Å². The van der Waals surface area contributed by atoms with Crippen molar-refractivity contribution in [1.82, 2.24) is 25.4 Å². The number of halogens is 2. The van der Waals surface area contributed by atoms with Crippen LogP contribution in [0, 0.1) is 6.92 Å². The van der Waals surface area contributed by atoms with E-state index in [1.54, 1.807) is 17.5 Å². The summed E-state index contributed by atoms with van der Waals surface area (Å²) in [6.45, 7) is 6.09. The summed E-state index contributed by atoms with van der Waals surface area (Å²) in [6.07, 6.45) is 5.63. The van der Waals surface area contributed by atoms with Gasteiger partial charge in [0, 0.05) is 41.6 Å². The molecule has 0 saturated carbocycles. The van der Waals surface area contributed by atoms with Gasteiger partial charge < -0.3 is 10.6 Å². The lowest BCUT2D eigenvalue weighted by Crippen LogP contribution is -2.40. The average molecular weight is 531 g/mol. The molecule has 1 atom stereocenters. The van der Waals surface area contributed by atoms with Crippen LogP contribution < -0.4 is 10.6 Å². The summed E-state index contributed by atoms with van der Waals surface area (Å²) in [7, 11) is 0. The van der Waals surface area contributed by atoms with Gasteiger partial charge in [0.05, 0.1) is 12.6 Å². The zero-order chi connectivity index (χ0) is 19.1. The van der Waals surface area contributed by atoms with E-state index in [1.165, 1.54) is 4.88 Å². The smallest absolute Gasteiger partial charge is 0.191 e. The molecule has 0 radical (unpaired) electrons. The molecule has 28 heavy (non-hydrogen) atoms. The van der Waals surface area contributed by atoms with Gasteiger partial charge in [-0.05, 0) is 37.6 Å². The topological polar surface area (TPSA) is 67.1 Å². The minimum absolute atomic E-state index is 0. The van der Waals surface area contributed by atoms with E-state index in [4.69, 9.17) is 11.6 Å². The number of hydrogen-bond donors (Lipinski definition) is 2. The van der Waals surface area contributed by atoms with Gasteiger partial charge >= 0.3 is 0 Å². The molecule has 9 heteroatoms. The number of guanidine groups is 1. The Kier molecular flexibility index (Phi) is 9.20. The number of aromatic nitrogens is 3. The van der Waals surface area contributed by atoms with Gasteiger partial charge in [0.15, 0.2) is 5.96 Å². The minimum Gasteiger partial charge on any atom is -0.357 e. The molecule has 150 valence electrons. The number of rotatable bonds is 7. The maximum atomic E-state index is 6.04. The van der Waals surface area contributed by atoms with Gasteiger partial charge in [-0.15, -0.1) is 35.3 Å². The van der Waals surface area contributed by atoms with Gasteiger partial charge in [0.2, 0.25) is 0 Å². The Hall–Kier alpha value is -1.65. The lowest BCUT2D eigenvalue weighted by atomic mass is 10.1. The Morgan fingerprint density at radius 1 is 1.29 bits per heavy atom. The zero-order valence-corrected chi connectivity index (χ0v) is 19.7. The third kappa shape index (κ3) is 6.46. The molecule has 2 N–H and O–H groups in total. The van der Waals surface area contributed by atoms with Gasteiger partial charge in [-0.1, -0.05) is 23.7 Å². The van der Waals surface area contributed by atoms with Gasteiger partial charge in [-0.2, -0.15) is 5.10 Å². The molecule has 6 nitrogen and oxygen atoms in total. The fraction of sp³-hybridized carbons (Fsp3) is 0.316. The molecule has 0 fully saturated rings. The average Bonchev–Trinajstić information content (AvgIpc) is 3.33. The quantitative estimate of drug-likeness (QED) is 0.272. The van der Waals surface area contributed by atoms with Crippen LogP contribution >= 0.6 is 46.9 Å². The molecule has 1 aromatic carbocycles. The van der Waals surface area contributed by atoms with Crippen molar-refractivity contribution in [2.75, 3.05) is 13.1 Å². The van der Waals surface area contributed by atoms with Crippen molar-refractivity contribution in [2.45, 2.75) is 26.4 Å². The molecule has 2 aromatic heterocycles. The Balaban J connectivity index is 0.00000280. The Bertz CT molecular complexity index is 863. The van der Waals surface area contributed by atoms with Crippen molar-refractivity contribution >= 4 is 52.9 Å². The molecule has 0 aliphatic rings. The Morgan fingerprint density at radius 3 is 2.68 bits per heavy atom. The van der Waals surface area contributed by atoms with E-state index in [9.17, 15) is 0 Å². The van der Waals surface area contributed by atoms with Gasteiger partial charge in [0.1, 0.15) is 5.01 Å². The summed E-state index contributed by atoms with van der Waals surface area (Å²) in [5.74, 6) is 0.761. The van der Waals surface area contributed by atoms with Crippen LogP contribution in [0.15, 0.2) is 53.9 Å². The number of thiazole rings is 1. The van der Waals surface area contributed by atoms with Gasteiger partial charge in [-0.3, -0.25) is 4.68 Å². The van der Waals surface area contributed by atoms with Crippen molar-refractivity contribution in [1.29, 1.82) is 0 Å². The summed E-state index contributed by atoms with van der Waals surface area (Å²) >= 11 is 7.71. The molecule has 0 saturated heterocycles. The molecule has 0 aliphatic carbocycles. The SMILES string of the molecule is CCNC(=NCc1ncc(C)s1)NCC(c1ccc(Cl)cc1)n1cccn1.I. The Morgan fingerprint density at radius 2 is 2.07 bits per heavy atom. The third-order valence-electron chi connectivity index (χ3n) is 3.95. The summed E-state index contributed by atoms with van der Waals surface area (Å²) < 4.78 is 1.93. The molecule has 2 heterocycles. The molecular weight excluding hydrogens is 507 g/mol. The van der Waals surface area contributed by atoms with Crippen LogP contribution in [0.2, 0.25) is 5.02 Å². The molecule has 3 aromatic rings. The van der Waals surface area contributed by atoms with Crippen LogP contribution in [-0.2, 0) is 6.54 Å². The second-order valence-corrected chi connectivity index (χ2v) is 7.75. The van der Waals surface area contributed by atoms with Crippen molar-refractivity contribution in [3.8, 4) is 0 Å².